The molecule has 1 N–H and O–H groups in total. The van der Waals surface area contributed by atoms with E-state index in [1.165, 1.54) is 18.2 Å². The van der Waals surface area contributed by atoms with Crippen LogP contribution in [-0.4, -0.2) is 18.8 Å². The van der Waals surface area contributed by atoms with Crippen LogP contribution in [0.2, 0.25) is 0 Å². The molecule has 0 fully saturated rings. The predicted molar refractivity (Wildman–Crippen MR) is 62.9 cm³/mol. The van der Waals surface area contributed by atoms with E-state index in [9.17, 15) is 17.6 Å². The monoisotopic (exact) mass is 263 g/mol. The van der Waals surface area contributed by atoms with E-state index in [-0.39, 0.29) is 6.42 Å². The van der Waals surface area contributed by atoms with E-state index in [1.807, 2.05) is 6.92 Å². The van der Waals surface area contributed by atoms with Crippen molar-refractivity contribution in [2.45, 2.75) is 38.4 Å². The molecule has 1 aromatic rings. The van der Waals surface area contributed by atoms with Crippen LogP contribution in [0.15, 0.2) is 24.3 Å². The van der Waals surface area contributed by atoms with Crippen LogP contribution in [0.3, 0.4) is 0 Å². The van der Waals surface area contributed by atoms with Crippen LogP contribution < -0.4 is 5.32 Å². The van der Waals surface area contributed by atoms with Crippen molar-refractivity contribution in [3.05, 3.63) is 35.6 Å². The van der Waals surface area contributed by atoms with Crippen LogP contribution in [0.25, 0.3) is 0 Å². The van der Waals surface area contributed by atoms with Gasteiger partial charge in [0.1, 0.15) is 5.82 Å². The maximum atomic E-state index is 13.0. The number of alkyl halides is 3. The van der Waals surface area contributed by atoms with Gasteiger partial charge in [-0.05, 0) is 37.1 Å². The Kier molecular flexibility index (Phi) is 5.59. The third-order valence-corrected chi connectivity index (χ3v) is 2.53. The molecular weight excluding hydrogens is 246 g/mol. The summed E-state index contributed by atoms with van der Waals surface area (Å²) < 4.78 is 50.2. The molecule has 0 radical (unpaired) electrons. The molecule has 0 aliphatic rings. The zero-order chi connectivity index (χ0) is 13.6. The lowest BCUT2D eigenvalue weighted by Crippen LogP contribution is -2.36. The molecule has 0 amide bonds. The Morgan fingerprint density at radius 2 is 2.00 bits per heavy atom. The van der Waals surface area contributed by atoms with Crippen molar-refractivity contribution in [3.8, 4) is 0 Å². The highest BCUT2D eigenvalue weighted by Gasteiger charge is 2.31. The predicted octanol–water partition coefficient (Wildman–Crippen LogP) is 3.69. The molecule has 0 bridgehead atoms. The van der Waals surface area contributed by atoms with E-state index in [4.69, 9.17) is 0 Å². The molecule has 0 saturated heterocycles. The molecule has 0 aliphatic carbocycles. The maximum Gasteiger partial charge on any atom is 0.390 e. The minimum absolute atomic E-state index is 0.178. The summed E-state index contributed by atoms with van der Waals surface area (Å²) in [5.41, 5.74) is 0.577. The van der Waals surface area contributed by atoms with Crippen LogP contribution in [0, 0.1) is 5.82 Å². The average Bonchev–Trinajstić information content (AvgIpc) is 2.24. The van der Waals surface area contributed by atoms with Gasteiger partial charge in [0.2, 0.25) is 0 Å². The van der Waals surface area contributed by atoms with Crippen LogP contribution >= 0.6 is 0 Å². The Labute approximate surface area is 104 Å². The van der Waals surface area contributed by atoms with Crippen molar-refractivity contribution in [1.82, 2.24) is 5.32 Å². The van der Waals surface area contributed by atoms with Crippen LogP contribution in [0.4, 0.5) is 17.6 Å². The van der Waals surface area contributed by atoms with E-state index in [2.05, 4.69) is 5.32 Å². The van der Waals surface area contributed by atoms with Gasteiger partial charge in [-0.25, -0.2) is 4.39 Å². The van der Waals surface area contributed by atoms with Crippen molar-refractivity contribution in [2.75, 3.05) is 6.54 Å². The first-order chi connectivity index (χ1) is 8.40. The number of hydrogen-bond acceptors (Lipinski definition) is 1. The largest absolute Gasteiger partial charge is 0.390 e. The maximum absolute atomic E-state index is 13.0. The smallest absolute Gasteiger partial charge is 0.313 e. The topological polar surface area (TPSA) is 12.0 Å². The first-order valence-corrected chi connectivity index (χ1v) is 5.95. The Hall–Kier alpha value is -1.10. The lowest BCUT2D eigenvalue weighted by molar-refractivity contribution is -0.139. The summed E-state index contributed by atoms with van der Waals surface area (Å²) in [5, 5.41) is 2.85. The Morgan fingerprint density at radius 3 is 2.56 bits per heavy atom. The lowest BCUT2D eigenvalue weighted by atomic mass is 10.0. The molecule has 1 nitrogen and oxygen atoms in total. The number of benzene rings is 1. The van der Waals surface area contributed by atoms with Crippen molar-refractivity contribution < 1.29 is 17.6 Å². The summed E-state index contributed by atoms with van der Waals surface area (Å²) in [5.74, 6) is -0.422. The van der Waals surface area contributed by atoms with E-state index in [0.717, 1.165) is 6.42 Å². The number of nitrogens with one attached hydrogen (secondary N) is 1. The van der Waals surface area contributed by atoms with Crippen LogP contribution in [0.5, 0.6) is 0 Å². The minimum Gasteiger partial charge on any atom is -0.313 e. The summed E-state index contributed by atoms with van der Waals surface area (Å²) in [7, 11) is 0. The van der Waals surface area contributed by atoms with E-state index >= 15 is 0 Å². The third kappa shape index (κ3) is 6.00. The SMILES string of the molecule is CCCNC(Cc1cccc(F)c1)CC(F)(F)F. The Morgan fingerprint density at radius 1 is 1.28 bits per heavy atom. The highest BCUT2D eigenvalue weighted by atomic mass is 19.4. The molecule has 1 unspecified atom stereocenters. The number of hydrogen-bond donors (Lipinski definition) is 1. The molecule has 0 saturated carbocycles. The zero-order valence-corrected chi connectivity index (χ0v) is 10.2. The van der Waals surface area contributed by atoms with Gasteiger partial charge < -0.3 is 5.32 Å². The fourth-order valence-corrected chi connectivity index (χ4v) is 1.79. The molecule has 1 atom stereocenters. The van der Waals surface area contributed by atoms with E-state index < -0.39 is 24.5 Å². The molecule has 18 heavy (non-hydrogen) atoms. The van der Waals surface area contributed by atoms with Crippen molar-refractivity contribution in [3.63, 3.8) is 0 Å². The summed E-state index contributed by atoms with van der Waals surface area (Å²) >= 11 is 0. The third-order valence-electron chi connectivity index (χ3n) is 2.53. The lowest BCUT2D eigenvalue weighted by Gasteiger charge is -2.20. The van der Waals surface area contributed by atoms with E-state index in [0.29, 0.717) is 12.1 Å². The van der Waals surface area contributed by atoms with Gasteiger partial charge in [0, 0.05) is 6.04 Å². The van der Waals surface area contributed by atoms with Gasteiger partial charge >= 0.3 is 6.18 Å². The first kappa shape index (κ1) is 15.0. The Bertz CT molecular complexity index is 362. The van der Waals surface area contributed by atoms with Gasteiger partial charge in [-0.1, -0.05) is 19.1 Å². The second-order valence-corrected chi connectivity index (χ2v) is 4.30. The Balaban J connectivity index is 2.65. The standard InChI is InChI=1S/C13H17F4N/c1-2-6-18-12(9-13(15,16)17)8-10-4-3-5-11(14)7-10/h3-5,7,12,18H,2,6,8-9H2,1H3. The highest BCUT2D eigenvalue weighted by molar-refractivity contribution is 5.17. The van der Waals surface area contributed by atoms with Crippen molar-refractivity contribution in [1.29, 1.82) is 0 Å². The molecule has 102 valence electrons. The fraction of sp³-hybridized carbons (Fsp3) is 0.538. The fourth-order valence-electron chi connectivity index (χ4n) is 1.79. The molecule has 1 aromatic carbocycles. The van der Waals surface area contributed by atoms with Gasteiger partial charge in [-0.3, -0.25) is 0 Å². The normalized spacial score (nSPS) is 13.6. The molecule has 1 rings (SSSR count). The van der Waals surface area contributed by atoms with Crippen molar-refractivity contribution in [2.24, 2.45) is 0 Å². The average molecular weight is 263 g/mol. The van der Waals surface area contributed by atoms with Crippen molar-refractivity contribution >= 4 is 0 Å². The van der Waals surface area contributed by atoms with Crippen LogP contribution in [0.1, 0.15) is 25.3 Å². The quantitative estimate of drug-likeness (QED) is 0.772. The molecule has 0 spiro atoms. The highest BCUT2D eigenvalue weighted by Crippen LogP contribution is 2.23. The van der Waals surface area contributed by atoms with Gasteiger partial charge in [0.15, 0.2) is 0 Å². The second-order valence-electron chi connectivity index (χ2n) is 4.30. The van der Waals surface area contributed by atoms with Gasteiger partial charge in [0.05, 0.1) is 6.42 Å². The summed E-state index contributed by atoms with van der Waals surface area (Å²) in [4.78, 5) is 0. The van der Waals surface area contributed by atoms with E-state index in [1.54, 1.807) is 6.07 Å². The molecular formula is C13H17F4N. The molecule has 0 heterocycles. The number of rotatable bonds is 6. The van der Waals surface area contributed by atoms with Gasteiger partial charge in [0.25, 0.3) is 0 Å². The second kappa shape index (κ2) is 6.73. The number of halogens is 4. The summed E-state index contributed by atoms with van der Waals surface area (Å²) in [6.45, 7) is 2.41. The minimum atomic E-state index is -4.21. The molecule has 0 aliphatic heterocycles. The van der Waals surface area contributed by atoms with Gasteiger partial charge in [-0.15, -0.1) is 0 Å². The van der Waals surface area contributed by atoms with Crippen LogP contribution in [-0.2, 0) is 6.42 Å². The molecule has 0 aromatic heterocycles. The zero-order valence-electron chi connectivity index (χ0n) is 10.2. The van der Waals surface area contributed by atoms with Gasteiger partial charge in [-0.2, -0.15) is 13.2 Å². The summed E-state index contributed by atoms with van der Waals surface area (Å²) in [6.07, 6.45) is -4.17. The molecule has 5 heteroatoms. The first-order valence-electron chi connectivity index (χ1n) is 5.95. The summed E-state index contributed by atoms with van der Waals surface area (Å²) in [6, 6.07) is 5.00.